The van der Waals surface area contributed by atoms with Gasteiger partial charge in [0.1, 0.15) is 0 Å². The zero-order chi connectivity index (χ0) is 22.1. The van der Waals surface area contributed by atoms with Gasteiger partial charge in [0.15, 0.2) is 0 Å². The number of benzene rings is 3. The number of hydrogen-bond donors (Lipinski definition) is 0. The van der Waals surface area contributed by atoms with Gasteiger partial charge in [0.25, 0.3) is 0 Å². The fourth-order valence-electron chi connectivity index (χ4n) is 3.85. The average molecular weight is 578 g/mol. The molecule has 0 aliphatic carbocycles. The maximum atomic E-state index is 15.2. The monoisotopic (exact) mass is 580 g/mol. The van der Waals surface area contributed by atoms with E-state index in [1.807, 2.05) is 42.5 Å². The van der Waals surface area contributed by atoms with Crippen LogP contribution in [0.3, 0.4) is 0 Å². The van der Waals surface area contributed by atoms with Crippen LogP contribution in [0.15, 0.2) is 78.9 Å². The summed E-state index contributed by atoms with van der Waals surface area (Å²) in [6.07, 6.45) is 0. The Labute approximate surface area is 204 Å². The Balaban J connectivity index is 1.81. The van der Waals surface area contributed by atoms with Crippen LogP contribution in [-0.4, -0.2) is 56.3 Å². The molecule has 1 aliphatic rings. The van der Waals surface area contributed by atoms with Gasteiger partial charge in [-0.2, -0.15) is 0 Å². The van der Waals surface area contributed by atoms with Crippen molar-refractivity contribution in [1.82, 2.24) is 0 Å². The number of ether oxygens (including phenoxy) is 2. The zero-order valence-corrected chi connectivity index (χ0v) is 22.5. The van der Waals surface area contributed by atoms with Crippen LogP contribution < -0.4 is 15.9 Å². The Morgan fingerprint density at radius 2 is 1.06 bits per heavy atom. The predicted octanol–water partition coefficient (Wildman–Crippen LogP) is 3.62. The quantitative estimate of drug-likeness (QED) is 0.327. The zero-order valence-electron chi connectivity index (χ0n) is 18.2. The third-order valence-corrected chi connectivity index (χ3v) is 12.7. The normalized spacial score (nSPS) is 18.1. The Morgan fingerprint density at radius 3 is 1.59 bits per heavy atom. The molecule has 0 aromatic heterocycles. The molecule has 168 valence electrons. The molecule has 0 fully saturated rings. The molecule has 0 unspecified atom stereocenters. The molecule has 4 rings (SSSR count). The van der Waals surface area contributed by atoms with Crippen molar-refractivity contribution in [2.24, 2.45) is 0 Å². The van der Waals surface area contributed by atoms with Gasteiger partial charge in [0.2, 0.25) is 0 Å². The van der Waals surface area contributed by atoms with E-state index in [9.17, 15) is 0 Å². The molecule has 1 aliphatic heterocycles. The second-order valence-corrected chi connectivity index (χ2v) is 14.9. The number of hydrogen-bond acceptors (Lipinski definition) is 3. The van der Waals surface area contributed by atoms with Crippen LogP contribution in [0.1, 0.15) is 11.1 Å². The van der Waals surface area contributed by atoms with Crippen LogP contribution in [0.2, 0.25) is 10.6 Å². The van der Waals surface area contributed by atoms with E-state index in [1.165, 1.54) is 11.1 Å². The van der Waals surface area contributed by atoms with Crippen molar-refractivity contribution >= 4 is 53.0 Å². The van der Waals surface area contributed by atoms with Gasteiger partial charge in [-0.25, -0.2) is 0 Å². The molecule has 32 heavy (non-hydrogen) atoms. The van der Waals surface area contributed by atoms with Gasteiger partial charge in [0.05, 0.1) is 0 Å². The first-order valence-electron chi connectivity index (χ1n) is 10.9. The second kappa shape index (κ2) is 12.4. The molecule has 6 heteroatoms. The Bertz CT molecular complexity index is 981. The van der Waals surface area contributed by atoms with E-state index in [0.717, 1.165) is 50.4 Å². The average Bonchev–Trinajstić information content (AvgIpc) is 2.85. The molecule has 0 bridgehead atoms. The van der Waals surface area contributed by atoms with Crippen LogP contribution in [-0.2, 0) is 24.7 Å². The fourth-order valence-corrected chi connectivity index (χ4v) is 11.0. The molecule has 0 spiro atoms. The molecule has 1 heterocycles. The molecule has 3 nitrogen and oxygen atoms in total. The summed E-state index contributed by atoms with van der Waals surface area (Å²) >= 11 is 0.796. The summed E-state index contributed by atoms with van der Waals surface area (Å²) < 4.78 is 26.7. The number of fused-ring (bicyclic) bond motifs is 2. The molecule has 0 N–H and O–H groups in total. The summed E-state index contributed by atoms with van der Waals surface area (Å²) in [6, 6.07) is 26.8. The first-order chi connectivity index (χ1) is 15.8. The Morgan fingerprint density at radius 1 is 0.594 bits per heavy atom. The van der Waals surface area contributed by atoms with E-state index in [4.69, 9.17) is 9.47 Å². The summed E-state index contributed by atoms with van der Waals surface area (Å²) in [6.45, 7) is 2.89. The first kappa shape index (κ1) is 24.0. The SMILES string of the molecule is O=P1(c2ccccc2)c2ccccc2C[Se]CCOCCOCC[Se]Cc2ccccc21. The molecule has 0 atom stereocenters. The van der Waals surface area contributed by atoms with Crippen molar-refractivity contribution in [1.29, 1.82) is 0 Å². The van der Waals surface area contributed by atoms with Crippen molar-refractivity contribution < 1.29 is 14.0 Å². The van der Waals surface area contributed by atoms with Crippen molar-refractivity contribution in [3.05, 3.63) is 90.0 Å². The minimum absolute atomic E-state index is 0.398. The fraction of sp³-hybridized carbons (Fsp3) is 0.308. The van der Waals surface area contributed by atoms with E-state index < -0.39 is 7.14 Å². The molecule has 0 amide bonds. The summed E-state index contributed by atoms with van der Waals surface area (Å²) in [5, 5.41) is 6.96. The first-order valence-corrected chi connectivity index (χ1v) is 17.5. The summed E-state index contributed by atoms with van der Waals surface area (Å²) in [5.74, 6) is 0. The topological polar surface area (TPSA) is 35.5 Å². The maximum absolute atomic E-state index is 15.2. The van der Waals surface area contributed by atoms with Crippen molar-refractivity contribution in [3.63, 3.8) is 0 Å². The van der Waals surface area contributed by atoms with E-state index in [0.29, 0.717) is 43.1 Å². The standard InChI is InChI=1S/C26H29O3PSe2/c27-30(24-10-2-1-3-11-24)25-12-6-4-8-22(25)20-31-18-16-28-14-15-29-17-19-32-21-23-9-5-7-13-26(23)30/h1-13H,14-21H2. The third kappa shape index (κ3) is 5.85. The third-order valence-electron chi connectivity index (χ3n) is 5.41. The van der Waals surface area contributed by atoms with Gasteiger partial charge < -0.3 is 0 Å². The minimum atomic E-state index is -2.99. The molecular formula is C26H29O3PSe2. The van der Waals surface area contributed by atoms with Gasteiger partial charge in [-0.05, 0) is 0 Å². The van der Waals surface area contributed by atoms with Gasteiger partial charge in [0, 0.05) is 0 Å². The van der Waals surface area contributed by atoms with Crippen molar-refractivity contribution in [3.8, 4) is 0 Å². The Kier molecular flexibility index (Phi) is 9.26. The van der Waals surface area contributed by atoms with Gasteiger partial charge in [-0.1, -0.05) is 0 Å². The summed E-state index contributed by atoms with van der Waals surface area (Å²) in [7, 11) is -2.99. The van der Waals surface area contributed by atoms with Gasteiger partial charge >= 0.3 is 205 Å². The van der Waals surface area contributed by atoms with Gasteiger partial charge in [-0.15, -0.1) is 0 Å². The summed E-state index contributed by atoms with van der Waals surface area (Å²) in [4.78, 5) is 0. The Hall–Kier alpha value is -1.15. The van der Waals surface area contributed by atoms with Gasteiger partial charge in [-0.3, -0.25) is 0 Å². The molecule has 0 saturated heterocycles. The van der Waals surface area contributed by atoms with E-state index in [2.05, 4.69) is 36.4 Å². The second-order valence-electron chi connectivity index (χ2n) is 7.53. The summed E-state index contributed by atoms with van der Waals surface area (Å²) in [5.41, 5.74) is 2.43. The van der Waals surface area contributed by atoms with E-state index >= 15 is 4.57 Å². The molecular weight excluding hydrogens is 549 g/mol. The van der Waals surface area contributed by atoms with E-state index in [1.54, 1.807) is 0 Å². The van der Waals surface area contributed by atoms with Crippen molar-refractivity contribution in [2.75, 3.05) is 26.4 Å². The molecule has 0 radical (unpaired) electrons. The molecule has 3 aromatic carbocycles. The van der Waals surface area contributed by atoms with Crippen LogP contribution >= 0.6 is 7.14 Å². The molecule has 3 aromatic rings. The van der Waals surface area contributed by atoms with Crippen LogP contribution in [0.4, 0.5) is 0 Å². The molecule has 0 saturated carbocycles. The van der Waals surface area contributed by atoms with Crippen LogP contribution in [0.25, 0.3) is 0 Å². The number of rotatable bonds is 1. The van der Waals surface area contributed by atoms with E-state index in [-0.39, 0.29) is 0 Å². The van der Waals surface area contributed by atoms with Crippen LogP contribution in [0, 0.1) is 0 Å². The van der Waals surface area contributed by atoms with Crippen LogP contribution in [0.5, 0.6) is 0 Å². The van der Waals surface area contributed by atoms with Crippen molar-refractivity contribution in [2.45, 2.75) is 21.3 Å². The predicted molar refractivity (Wildman–Crippen MR) is 136 cm³/mol.